The summed E-state index contributed by atoms with van der Waals surface area (Å²) < 4.78 is 10.7. The average molecular weight is 547 g/mol. The van der Waals surface area contributed by atoms with E-state index in [0.29, 0.717) is 19.7 Å². The third kappa shape index (κ3) is 10.5. The lowest BCUT2D eigenvalue weighted by molar-refractivity contribution is -0.122. The van der Waals surface area contributed by atoms with E-state index in [1.807, 2.05) is 19.2 Å². The van der Waals surface area contributed by atoms with Crippen LogP contribution in [0.25, 0.3) is 0 Å². The molecule has 31 heavy (non-hydrogen) atoms. The zero-order valence-electron chi connectivity index (χ0n) is 19.1. The van der Waals surface area contributed by atoms with Crippen LogP contribution in [0.1, 0.15) is 18.9 Å². The highest BCUT2D eigenvalue weighted by molar-refractivity contribution is 14.0. The van der Waals surface area contributed by atoms with Crippen molar-refractivity contribution in [3.63, 3.8) is 0 Å². The lowest BCUT2D eigenvalue weighted by Crippen LogP contribution is -2.54. The van der Waals surface area contributed by atoms with Crippen molar-refractivity contribution >= 4 is 35.8 Å². The van der Waals surface area contributed by atoms with Gasteiger partial charge in [0.2, 0.25) is 5.91 Å². The number of ether oxygens (including phenoxy) is 2. The number of nitrogens with one attached hydrogen (secondary N) is 2. The number of nitrogens with zero attached hydrogens (tertiary/aromatic N) is 3. The predicted molar refractivity (Wildman–Crippen MR) is 136 cm³/mol. The first kappa shape index (κ1) is 27.4. The third-order valence-corrected chi connectivity index (χ3v) is 4.95. The van der Waals surface area contributed by atoms with Crippen molar-refractivity contribution in [2.75, 3.05) is 73.2 Å². The van der Waals surface area contributed by atoms with Crippen molar-refractivity contribution < 1.29 is 14.3 Å². The van der Waals surface area contributed by atoms with Gasteiger partial charge in [-0.05, 0) is 30.5 Å². The number of aliphatic imine (C=N–C) groups is 1. The minimum atomic E-state index is 0. The second-order valence-electron chi connectivity index (χ2n) is 7.33. The molecule has 0 aliphatic carbocycles. The molecular weight excluding hydrogens is 509 g/mol. The SMILES string of the molecule is CCCOc1cccc(CCNC(=NC)N2CCN(CC(=O)NCCOC)CC2)c1.I. The molecule has 1 saturated heterocycles. The largest absolute Gasteiger partial charge is 0.494 e. The Morgan fingerprint density at radius 2 is 1.90 bits per heavy atom. The topological polar surface area (TPSA) is 78.4 Å². The lowest BCUT2D eigenvalue weighted by atomic mass is 10.1. The molecule has 8 nitrogen and oxygen atoms in total. The van der Waals surface area contributed by atoms with E-state index in [1.165, 1.54) is 5.56 Å². The highest BCUT2D eigenvalue weighted by Gasteiger charge is 2.20. The van der Waals surface area contributed by atoms with E-state index < -0.39 is 0 Å². The molecule has 0 bridgehead atoms. The van der Waals surface area contributed by atoms with Gasteiger partial charge in [0.1, 0.15) is 5.75 Å². The molecule has 9 heteroatoms. The number of rotatable bonds is 11. The van der Waals surface area contributed by atoms with Gasteiger partial charge >= 0.3 is 0 Å². The fourth-order valence-electron chi connectivity index (χ4n) is 3.33. The normalized spacial score (nSPS) is 14.7. The first-order valence-corrected chi connectivity index (χ1v) is 10.8. The van der Waals surface area contributed by atoms with Gasteiger partial charge in [0.05, 0.1) is 19.8 Å². The second kappa shape index (κ2) is 16.1. The molecule has 0 aromatic heterocycles. The summed E-state index contributed by atoms with van der Waals surface area (Å²) in [5, 5.41) is 6.33. The quantitative estimate of drug-likeness (QED) is 0.190. The number of guanidine groups is 1. The Balaban J connectivity index is 0.00000480. The van der Waals surface area contributed by atoms with E-state index in [2.05, 4.69) is 44.5 Å². The molecule has 0 spiro atoms. The minimum Gasteiger partial charge on any atom is -0.494 e. The van der Waals surface area contributed by atoms with E-state index in [-0.39, 0.29) is 29.9 Å². The van der Waals surface area contributed by atoms with Crippen LogP contribution in [0.5, 0.6) is 5.75 Å². The van der Waals surface area contributed by atoms with Gasteiger partial charge in [0.25, 0.3) is 0 Å². The number of piperazine rings is 1. The van der Waals surface area contributed by atoms with Gasteiger partial charge in [-0.3, -0.25) is 14.7 Å². The maximum Gasteiger partial charge on any atom is 0.234 e. The Labute approximate surface area is 203 Å². The molecule has 0 radical (unpaired) electrons. The Kier molecular flexibility index (Phi) is 14.3. The standard InChI is InChI=1S/C22H37N5O3.HI/c1-4-15-30-20-7-5-6-19(17-20)8-9-25-22(23-2)27-13-11-26(12-14-27)18-21(28)24-10-16-29-3;/h5-7,17H,4,8-16,18H2,1-3H3,(H,23,25)(H,24,28);1H. The molecular formula is C22H38IN5O3. The summed E-state index contributed by atoms with van der Waals surface area (Å²) in [7, 11) is 3.45. The Bertz CT molecular complexity index is 666. The molecule has 1 amide bonds. The predicted octanol–water partition coefficient (Wildman–Crippen LogP) is 1.59. The number of amides is 1. The van der Waals surface area contributed by atoms with Gasteiger partial charge in [-0.15, -0.1) is 24.0 Å². The zero-order chi connectivity index (χ0) is 21.6. The summed E-state index contributed by atoms with van der Waals surface area (Å²) in [5.41, 5.74) is 1.25. The van der Waals surface area contributed by atoms with E-state index in [1.54, 1.807) is 7.11 Å². The summed E-state index contributed by atoms with van der Waals surface area (Å²) in [5.74, 6) is 1.90. The first-order chi connectivity index (χ1) is 14.7. The van der Waals surface area contributed by atoms with Gasteiger partial charge < -0.3 is 25.0 Å². The fourth-order valence-corrected chi connectivity index (χ4v) is 3.33. The highest BCUT2D eigenvalue weighted by atomic mass is 127. The number of hydrogen-bond acceptors (Lipinski definition) is 5. The van der Waals surface area contributed by atoms with Gasteiger partial charge in [0, 0.05) is 53.4 Å². The molecule has 1 aliphatic heterocycles. The van der Waals surface area contributed by atoms with Gasteiger partial charge in [-0.1, -0.05) is 19.1 Å². The van der Waals surface area contributed by atoms with Crippen molar-refractivity contribution in [2.45, 2.75) is 19.8 Å². The van der Waals surface area contributed by atoms with Crippen LogP contribution in [-0.4, -0.2) is 94.9 Å². The van der Waals surface area contributed by atoms with Crippen LogP contribution in [0.4, 0.5) is 0 Å². The van der Waals surface area contributed by atoms with Gasteiger partial charge in [-0.25, -0.2) is 0 Å². The van der Waals surface area contributed by atoms with Crippen molar-refractivity contribution in [3.05, 3.63) is 29.8 Å². The second-order valence-corrected chi connectivity index (χ2v) is 7.33. The van der Waals surface area contributed by atoms with Crippen molar-refractivity contribution in [2.24, 2.45) is 4.99 Å². The van der Waals surface area contributed by atoms with Gasteiger partial charge in [-0.2, -0.15) is 0 Å². The fraction of sp³-hybridized carbons (Fsp3) is 0.636. The van der Waals surface area contributed by atoms with Crippen molar-refractivity contribution in [1.82, 2.24) is 20.4 Å². The first-order valence-electron chi connectivity index (χ1n) is 10.8. The number of hydrogen-bond donors (Lipinski definition) is 2. The lowest BCUT2D eigenvalue weighted by Gasteiger charge is -2.36. The maximum atomic E-state index is 11.9. The maximum absolute atomic E-state index is 11.9. The zero-order valence-corrected chi connectivity index (χ0v) is 21.4. The molecule has 1 aliphatic rings. The summed E-state index contributed by atoms with van der Waals surface area (Å²) in [6.07, 6.45) is 1.91. The third-order valence-electron chi connectivity index (χ3n) is 4.95. The summed E-state index contributed by atoms with van der Waals surface area (Å²) in [6.45, 7) is 8.58. The molecule has 1 heterocycles. The Hall–Kier alpha value is -1.59. The molecule has 1 fully saturated rings. The van der Waals surface area contributed by atoms with Crippen LogP contribution in [0.3, 0.4) is 0 Å². The Morgan fingerprint density at radius 3 is 2.58 bits per heavy atom. The van der Waals surface area contributed by atoms with Crippen LogP contribution in [0.2, 0.25) is 0 Å². The van der Waals surface area contributed by atoms with Crippen molar-refractivity contribution in [3.8, 4) is 5.75 Å². The molecule has 176 valence electrons. The molecule has 0 unspecified atom stereocenters. The number of carbonyl (C=O) groups is 1. The van der Waals surface area contributed by atoms with Crippen LogP contribution >= 0.6 is 24.0 Å². The molecule has 0 atom stereocenters. The van der Waals surface area contributed by atoms with Crippen LogP contribution in [0, 0.1) is 0 Å². The number of halogens is 1. The molecule has 0 saturated carbocycles. The average Bonchev–Trinajstić information content (AvgIpc) is 2.76. The molecule has 1 aromatic carbocycles. The van der Waals surface area contributed by atoms with Crippen molar-refractivity contribution in [1.29, 1.82) is 0 Å². The smallest absolute Gasteiger partial charge is 0.234 e. The molecule has 1 aromatic rings. The molecule has 2 rings (SSSR count). The van der Waals surface area contributed by atoms with E-state index >= 15 is 0 Å². The molecule has 2 N–H and O–H groups in total. The number of carbonyl (C=O) groups excluding carboxylic acids is 1. The number of methoxy groups -OCH3 is 1. The summed E-state index contributed by atoms with van der Waals surface area (Å²) in [6, 6.07) is 8.28. The summed E-state index contributed by atoms with van der Waals surface area (Å²) in [4.78, 5) is 20.8. The highest BCUT2D eigenvalue weighted by Crippen LogP contribution is 2.14. The van der Waals surface area contributed by atoms with Crippen LogP contribution < -0.4 is 15.4 Å². The van der Waals surface area contributed by atoms with Gasteiger partial charge in [0.15, 0.2) is 5.96 Å². The number of benzene rings is 1. The Morgan fingerprint density at radius 1 is 1.13 bits per heavy atom. The van der Waals surface area contributed by atoms with E-state index in [0.717, 1.165) is 63.9 Å². The van der Waals surface area contributed by atoms with Crippen LogP contribution in [-0.2, 0) is 16.0 Å². The summed E-state index contributed by atoms with van der Waals surface area (Å²) >= 11 is 0. The van der Waals surface area contributed by atoms with E-state index in [4.69, 9.17) is 9.47 Å². The van der Waals surface area contributed by atoms with E-state index in [9.17, 15) is 4.79 Å². The van der Waals surface area contributed by atoms with Crippen LogP contribution in [0.15, 0.2) is 29.3 Å². The monoisotopic (exact) mass is 547 g/mol. The minimum absolute atomic E-state index is 0.